The van der Waals surface area contributed by atoms with Crippen molar-refractivity contribution < 1.29 is 9.32 Å². The second kappa shape index (κ2) is 5.03. The number of anilines is 1. The topological polar surface area (TPSA) is 73.0 Å². The Morgan fingerprint density at radius 3 is 2.89 bits per heavy atom. The molecule has 0 radical (unpaired) electrons. The average molecular weight is 248 g/mol. The highest BCUT2D eigenvalue weighted by molar-refractivity contribution is 5.89. The molecule has 0 saturated carbocycles. The number of hydrogen-bond acceptors (Lipinski definition) is 4. The average Bonchev–Trinajstić information content (AvgIpc) is 2.87. The summed E-state index contributed by atoms with van der Waals surface area (Å²) in [6.45, 7) is 5.64. The smallest absolute Gasteiger partial charge is 0.227 e. The van der Waals surface area contributed by atoms with Crippen LogP contribution in [0.2, 0.25) is 0 Å². The van der Waals surface area contributed by atoms with Crippen LogP contribution in [0.5, 0.6) is 0 Å². The van der Waals surface area contributed by atoms with Crippen LogP contribution in [-0.2, 0) is 4.79 Å². The maximum Gasteiger partial charge on any atom is 0.227 e. The fourth-order valence-corrected chi connectivity index (χ4v) is 1.66. The van der Waals surface area contributed by atoms with Gasteiger partial charge in [-0.05, 0) is 26.8 Å². The summed E-state index contributed by atoms with van der Waals surface area (Å²) in [6.07, 6.45) is 2.21. The number of hydrogen-bond donors (Lipinski definition) is 1. The number of nitrogens with zero attached hydrogens (tertiary/aromatic N) is 3. The van der Waals surface area contributed by atoms with Crippen LogP contribution in [0.4, 0.5) is 5.82 Å². The van der Waals surface area contributed by atoms with Gasteiger partial charge in [-0.2, -0.15) is 5.10 Å². The lowest BCUT2D eigenvalue weighted by atomic mass is 10.2. The first-order valence-electron chi connectivity index (χ1n) is 5.79. The van der Waals surface area contributed by atoms with Gasteiger partial charge in [0, 0.05) is 18.7 Å². The minimum Gasteiger partial charge on any atom is -0.360 e. The fourth-order valence-electron chi connectivity index (χ4n) is 1.66. The molecule has 0 spiro atoms. The molecule has 0 aromatic carbocycles. The Balaban J connectivity index is 1.91. The van der Waals surface area contributed by atoms with Gasteiger partial charge in [0.1, 0.15) is 5.76 Å². The van der Waals surface area contributed by atoms with E-state index in [1.807, 2.05) is 26.1 Å². The molecule has 96 valence electrons. The van der Waals surface area contributed by atoms with Gasteiger partial charge in [0.25, 0.3) is 0 Å². The molecule has 2 rings (SSSR count). The van der Waals surface area contributed by atoms with Crippen molar-refractivity contribution in [3.8, 4) is 0 Å². The first kappa shape index (κ1) is 12.3. The lowest BCUT2D eigenvalue weighted by Gasteiger charge is -2.11. The predicted octanol–water partition coefficient (Wildman–Crippen LogP) is 2.08. The van der Waals surface area contributed by atoms with E-state index in [4.69, 9.17) is 4.52 Å². The molecule has 1 unspecified atom stereocenters. The Hall–Kier alpha value is -2.11. The maximum absolute atomic E-state index is 11.8. The molecule has 18 heavy (non-hydrogen) atoms. The van der Waals surface area contributed by atoms with Gasteiger partial charge in [-0.25, -0.2) is 0 Å². The van der Waals surface area contributed by atoms with Gasteiger partial charge in [0.15, 0.2) is 5.82 Å². The van der Waals surface area contributed by atoms with Gasteiger partial charge < -0.3 is 9.84 Å². The normalized spacial score (nSPS) is 12.4. The Bertz CT molecular complexity index is 544. The molecule has 2 heterocycles. The molecule has 0 aliphatic heterocycles. The summed E-state index contributed by atoms with van der Waals surface area (Å²) < 4.78 is 6.66. The van der Waals surface area contributed by atoms with Crippen molar-refractivity contribution in [1.29, 1.82) is 0 Å². The van der Waals surface area contributed by atoms with E-state index in [-0.39, 0.29) is 11.9 Å². The van der Waals surface area contributed by atoms with Crippen molar-refractivity contribution in [2.24, 2.45) is 0 Å². The van der Waals surface area contributed by atoms with E-state index < -0.39 is 0 Å². The highest BCUT2D eigenvalue weighted by atomic mass is 16.5. The molecule has 0 aliphatic carbocycles. The molecule has 2 aromatic heterocycles. The SMILES string of the molecule is Cc1ccn(C(C)CC(=O)Nc2cc(C)on2)n1. The summed E-state index contributed by atoms with van der Waals surface area (Å²) in [6, 6.07) is 3.60. The Morgan fingerprint density at radius 1 is 1.56 bits per heavy atom. The largest absolute Gasteiger partial charge is 0.360 e. The van der Waals surface area contributed by atoms with E-state index >= 15 is 0 Å². The first-order chi connectivity index (χ1) is 8.54. The third kappa shape index (κ3) is 2.97. The maximum atomic E-state index is 11.8. The molecule has 0 saturated heterocycles. The summed E-state index contributed by atoms with van der Waals surface area (Å²) in [4.78, 5) is 11.8. The molecule has 0 bridgehead atoms. The highest BCUT2D eigenvalue weighted by Gasteiger charge is 2.13. The van der Waals surface area contributed by atoms with Crippen LogP contribution in [0.3, 0.4) is 0 Å². The van der Waals surface area contributed by atoms with Crippen molar-refractivity contribution >= 4 is 11.7 Å². The zero-order valence-corrected chi connectivity index (χ0v) is 10.7. The van der Waals surface area contributed by atoms with Gasteiger partial charge >= 0.3 is 0 Å². The molecule has 6 heteroatoms. The van der Waals surface area contributed by atoms with E-state index in [2.05, 4.69) is 15.6 Å². The summed E-state index contributed by atoms with van der Waals surface area (Å²) in [5.74, 6) is 1.01. The number of rotatable bonds is 4. The number of carbonyl (C=O) groups excluding carboxylic acids is 1. The Morgan fingerprint density at radius 2 is 2.33 bits per heavy atom. The van der Waals surface area contributed by atoms with Crippen molar-refractivity contribution in [1.82, 2.24) is 14.9 Å². The lowest BCUT2D eigenvalue weighted by molar-refractivity contribution is -0.116. The van der Waals surface area contributed by atoms with Gasteiger partial charge in [-0.1, -0.05) is 5.16 Å². The zero-order chi connectivity index (χ0) is 13.1. The van der Waals surface area contributed by atoms with Crippen molar-refractivity contribution in [3.05, 3.63) is 29.8 Å². The molecular weight excluding hydrogens is 232 g/mol. The number of nitrogens with one attached hydrogen (secondary N) is 1. The number of aryl methyl sites for hydroxylation is 2. The summed E-state index contributed by atoms with van der Waals surface area (Å²) >= 11 is 0. The summed E-state index contributed by atoms with van der Waals surface area (Å²) in [5, 5.41) is 10.7. The standard InChI is InChI=1S/C12H16N4O2/c1-8-4-5-16(14-8)9(2)6-12(17)13-11-7-10(3)18-15-11/h4-5,7,9H,6H2,1-3H3,(H,13,15,17). The van der Waals surface area contributed by atoms with Crippen LogP contribution in [0.1, 0.15) is 30.8 Å². The molecule has 1 N–H and O–H groups in total. The van der Waals surface area contributed by atoms with Crippen molar-refractivity contribution in [2.75, 3.05) is 5.32 Å². The number of carbonyl (C=O) groups is 1. The Kier molecular flexibility index (Phi) is 3.45. The quantitative estimate of drug-likeness (QED) is 0.899. The van der Waals surface area contributed by atoms with E-state index in [1.165, 1.54) is 0 Å². The van der Waals surface area contributed by atoms with Gasteiger partial charge in [0.2, 0.25) is 5.91 Å². The monoisotopic (exact) mass is 248 g/mol. The molecule has 0 fully saturated rings. The third-order valence-corrected chi connectivity index (χ3v) is 2.57. The van der Waals surface area contributed by atoms with Crippen molar-refractivity contribution in [2.45, 2.75) is 33.2 Å². The van der Waals surface area contributed by atoms with E-state index in [9.17, 15) is 4.79 Å². The van der Waals surface area contributed by atoms with E-state index in [0.29, 0.717) is 18.0 Å². The minimum absolute atomic E-state index is 0.00620. The minimum atomic E-state index is -0.107. The molecular formula is C12H16N4O2. The van der Waals surface area contributed by atoms with E-state index in [1.54, 1.807) is 17.7 Å². The fraction of sp³-hybridized carbons (Fsp3) is 0.417. The highest BCUT2D eigenvalue weighted by Crippen LogP contribution is 2.13. The second-order valence-electron chi connectivity index (χ2n) is 4.36. The van der Waals surface area contributed by atoms with Crippen LogP contribution in [0.15, 0.2) is 22.9 Å². The molecule has 6 nitrogen and oxygen atoms in total. The van der Waals surface area contributed by atoms with Gasteiger partial charge in [0.05, 0.1) is 11.7 Å². The predicted molar refractivity (Wildman–Crippen MR) is 66.2 cm³/mol. The molecule has 2 aromatic rings. The zero-order valence-electron chi connectivity index (χ0n) is 10.7. The summed E-state index contributed by atoms with van der Waals surface area (Å²) in [5.41, 5.74) is 0.939. The molecule has 1 amide bonds. The van der Waals surface area contributed by atoms with Gasteiger partial charge in [-0.3, -0.25) is 9.48 Å². The van der Waals surface area contributed by atoms with Crippen LogP contribution in [0.25, 0.3) is 0 Å². The first-order valence-corrected chi connectivity index (χ1v) is 5.79. The lowest BCUT2D eigenvalue weighted by Crippen LogP contribution is -2.18. The molecule has 1 atom stereocenters. The van der Waals surface area contributed by atoms with Crippen LogP contribution in [0, 0.1) is 13.8 Å². The summed E-state index contributed by atoms with van der Waals surface area (Å²) in [7, 11) is 0. The number of amides is 1. The van der Waals surface area contributed by atoms with Crippen LogP contribution in [-0.4, -0.2) is 20.8 Å². The third-order valence-electron chi connectivity index (χ3n) is 2.57. The number of aromatic nitrogens is 3. The van der Waals surface area contributed by atoms with Crippen LogP contribution < -0.4 is 5.32 Å². The van der Waals surface area contributed by atoms with Crippen molar-refractivity contribution in [3.63, 3.8) is 0 Å². The molecule has 0 aliphatic rings. The van der Waals surface area contributed by atoms with Crippen LogP contribution >= 0.6 is 0 Å². The Labute approximate surface area is 105 Å². The second-order valence-corrected chi connectivity index (χ2v) is 4.36. The van der Waals surface area contributed by atoms with E-state index in [0.717, 1.165) is 5.69 Å². The van der Waals surface area contributed by atoms with Gasteiger partial charge in [-0.15, -0.1) is 0 Å².